The Labute approximate surface area is 88.9 Å². The van der Waals surface area contributed by atoms with Gasteiger partial charge in [-0.15, -0.1) is 0 Å². The molecule has 4 nitrogen and oxygen atoms in total. The number of carboxylic acids is 1. The highest BCUT2D eigenvalue weighted by Crippen LogP contribution is 2.29. The second kappa shape index (κ2) is 4.11. The van der Waals surface area contributed by atoms with E-state index in [4.69, 9.17) is 15.1 Å². The van der Waals surface area contributed by atoms with E-state index in [0.717, 1.165) is 0 Å². The fourth-order valence-electron chi connectivity index (χ4n) is 0.951. The van der Waals surface area contributed by atoms with Crippen LogP contribution < -0.4 is 4.74 Å². The highest BCUT2D eigenvalue weighted by Gasteiger charge is 2.12. The van der Waals surface area contributed by atoms with Gasteiger partial charge < -0.3 is 9.84 Å². The topological polar surface area (TPSA) is 70.3 Å². The molecule has 0 unspecified atom stereocenters. The van der Waals surface area contributed by atoms with Gasteiger partial charge in [-0.05, 0) is 28.1 Å². The molecule has 1 N–H and O–H groups in total. The Balaban J connectivity index is 3.41. The van der Waals surface area contributed by atoms with Crippen LogP contribution in [0, 0.1) is 11.3 Å². The Bertz CT molecular complexity index is 423. The van der Waals surface area contributed by atoms with Gasteiger partial charge >= 0.3 is 5.97 Å². The monoisotopic (exact) mass is 255 g/mol. The minimum Gasteiger partial charge on any atom is -0.496 e. The summed E-state index contributed by atoms with van der Waals surface area (Å²) in [5, 5.41) is 17.5. The molecular formula is C9H6BrNO3. The standard InChI is InChI=1S/C9H6BrNO3/c1-14-7-3-5(9(12)13)2-6(4-11)8(7)10/h2-3H,1H3,(H,12,13). The van der Waals surface area contributed by atoms with Crippen molar-refractivity contribution in [3.05, 3.63) is 27.7 Å². The second-order valence-corrected chi connectivity index (χ2v) is 3.25. The van der Waals surface area contributed by atoms with Gasteiger partial charge in [0.05, 0.1) is 22.7 Å². The lowest BCUT2D eigenvalue weighted by Gasteiger charge is -2.05. The normalized spacial score (nSPS) is 9.21. The number of nitrogens with zero attached hydrogens (tertiary/aromatic N) is 1. The SMILES string of the molecule is COc1cc(C(=O)O)cc(C#N)c1Br. The third-order valence-corrected chi connectivity index (χ3v) is 2.44. The van der Waals surface area contributed by atoms with Gasteiger partial charge in [-0.25, -0.2) is 4.79 Å². The summed E-state index contributed by atoms with van der Waals surface area (Å²) < 4.78 is 5.38. The largest absolute Gasteiger partial charge is 0.496 e. The molecule has 0 bridgehead atoms. The summed E-state index contributed by atoms with van der Waals surface area (Å²) >= 11 is 3.14. The molecule has 72 valence electrons. The lowest BCUT2D eigenvalue weighted by atomic mass is 10.1. The lowest BCUT2D eigenvalue weighted by Crippen LogP contribution is -1.99. The van der Waals surface area contributed by atoms with Gasteiger partial charge in [-0.2, -0.15) is 5.26 Å². The molecule has 1 aromatic rings. The summed E-state index contributed by atoms with van der Waals surface area (Å²) in [4.78, 5) is 10.7. The number of aromatic carboxylic acids is 1. The van der Waals surface area contributed by atoms with Gasteiger partial charge in [-0.3, -0.25) is 0 Å². The zero-order chi connectivity index (χ0) is 10.7. The Hall–Kier alpha value is -1.54. The third kappa shape index (κ3) is 1.86. The Morgan fingerprint density at radius 3 is 2.71 bits per heavy atom. The molecule has 0 aliphatic heterocycles. The molecule has 0 aromatic heterocycles. The molecule has 0 aliphatic carbocycles. The van der Waals surface area contributed by atoms with Crippen LogP contribution in [-0.2, 0) is 0 Å². The summed E-state index contributed by atoms with van der Waals surface area (Å²) in [5.74, 6) is -0.756. The van der Waals surface area contributed by atoms with Crippen LogP contribution in [0.2, 0.25) is 0 Å². The number of rotatable bonds is 2. The van der Waals surface area contributed by atoms with Crippen LogP contribution in [0.5, 0.6) is 5.75 Å². The zero-order valence-electron chi connectivity index (χ0n) is 7.24. The van der Waals surface area contributed by atoms with Crippen molar-refractivity contribution in [3.8, 4) is 11.8 Å². The number of hydrogen-bond acceptors (Lipinski definition) is 3. The van der Waals surface area contributed by atoms with Gasteiger partial charge in [0.1, 0.15) is 11.8 Å². The van der Waals surface area contributed by atoms with Crippen LogP contribution in [0.3, 0.4) is 0 Å². The van der Waals surface area contributed by atoms with E-state index in [9.17, 15) is 4.79 Å². The molecular weight excluding hydrogens is 250 g/mol. The highest BCUT2D eigenvalue weighted by atomic mass is 79.9. The lowest BCUT2D eigenvalue weighted by molar-refractivity contribution is 0.0696. The maximum Gasteiger partial charge on any atom is 0.335 e. The Kier molecular flexibility index (Phi) is 3.10. The summed E-state index contributed by atoms with van der Waals surface area (Å²) in [6, 6.07) is 4.52. The maximum absolute atomic E-state index is 10.7. The van der Waals surface area contributed by atoms with Crippen molar-refractivity contribution >= 4 is 21.9 Å². The first kappa shape index (κ1) is 10.5. The van der Waals surface area contributed by atoms with Crippen molar-refractivity contribution < 1.29 is 14.6 Å². The summed E-state index contributed by atoms with van der Waals surface area (Å²) in [6.07, 6.45) is 0. The van der Waals surface area contributed by atoms with Crippen LogP contribution in [-0.4, -0.2) is 18.2 Å². The van der Waals surface area contributed by atoms with Crippen LogP contribution in [0.25, 0.3) is 0 Å². The first-order chi connectivity index (χ1) is 6.60. The van der Waals surface area contributed by atoms with E-state index in [-0.39, 0.29) is 11.1 Å². The van der Waals surface area contributed by atoms with Gasteiger partial charge in [-0.1, -0.05) is 0 Å². The van der Waals surface area contributed by atoms with Crippen molar-refractivity contribution in [2.75, 3.05) is 7.11 Å². The molecule has 1 rings (SSSR count). The first-order valence-electron chi connectivity index (χ1n) is 3.61. The average molecular weight is 256 g/mol. The number of benzene rings is 1. The van der Waals surface area contributed by atoms with Crippen molar-refractivity contribution in [1.82, 2.24) is 0 Å². The number of carboxylic acid groups (broad SMARTS) is 1. The molecule has 0 aliphatic rings. The summed E-state index contributed by atoms with van der Waals surface area (Å²) in [7, 11) is 1.41. The molecule has 0 saturated carbocycles. The molecule has 1 aromatic carbocycles. The number of nitriles is 1. The first-order valence-corrected chi connectivity index (χ1v) is 4.40. The van der Waals surface area contributed by atoms with E-state index in [0.29, 0.717) is 10.2 Å². The number of hydrogen-bond donors (Lipinski definition) is 1. The smallest absolute Gasteiger partial charge is 0.335 e. The third-order valence-electron chi connectivity index (χ3n) is 1.63. The maximum atomic E-state index is 10.7. The van der Waals surface area contributed by atoms with Crippen LogP contribution in [0.4, 0.5) is 0 Å². The predicted molar refractivity (Wildman–Crippen MR) is 52.4 cm³/mol. The van der Waals surface area contributed by atoms with Gasteiger partial charge in [0.2, 0.25) is 0 Å². The minimum atomic E-state index is -1.09. The second-order valence-electron chi connectivity index (χ2n) is 2.46. The molecule has 0 atom stereocenters. The van der Waals surface area contributed by atoms with Gasteiger partial charge in [0.15, 0.2) is 0 Å². The highest BCUT2D eigenvalue weighted by molar-refractivity contribution is 9.10. The van der Waals surface area contributed by atoms with Crippen LogP contribution in [0.15, 0.2) is 16.6 Å². The summed E-state index contributed by atoms with van der Waals surface area (Å²) in [5.41, 5.74) is 0.267. The van der Waals surface area contributed by atoms with E-state index >= 15 is 0 Å². The number of halogens is 1. The van der Waals surface area contributed by atoms with Crippen molar-refractivity contribution in [2.24, 2.45) is 0 Å². The van der Waals surface area contributed by atoms with E-state index < -0.39 is 5.97 Å². The molecule has 0 fully saturated rings. The fraction of sp³-hybridized carbons (Fsp3) is 0.111. The number of ether oxygens (including phenoxy) is 1. The molecule has 5 heteroatoms. The minimum absolute atomic E-state index is 0.0293. The van der Waals surface area contributed by atoms with Crippen LogP contribution in [0.1, 0.15) is 15.9 Å². The molecule has 14 heavy (non-hydrogen) atoms. The van der Waals surface area contributed by atoms with Crippen molar-refractivity contribution in [1.29, 1.82) is 5.26 Å². The van der Waals surface area contributed by atoms with E-state index in [1.807, 2.05) is 6.07 Å². The fourth-order valence-corrected chi connectivity index (χ4v) is 1.43. The van der Waals surface area contributed by atoms with Gasteiger partial charge in [0, 0.05) is 0 Å². The van der Waals surface area contributed by atoms with E-state index in [2.05, 4.69) is 15.9 Å². The van der Waals surface area contributed by atoms with Crippen LogP contribution >= 0.6 is 15.9 Å². The predicted octanol–water partition coefficient (Wildman–Crippen LogP) is 2.03. The summed E-state index contributed by atoms with van der Waals surface area (Å²) in [6.45, 7) is 0. The van der Waals surface area contributed by atoms with Crippen molar-refractivity contribution in [3.63, 3.8) is 0 Å². The Morgan fingerprint density at radius 2 is 2.29 bits per heavy atom. The number of methoxy groups -OCH3 is 1. The average Bonchev–Trinajstić information content (AvgIpc) is 2.17. The van der Waals surface area contributed by atoms with Crippen molar-refractivity contribution in [2.45, 2.75) is 0 Å². The van der Waals surface area contributed by atoms with Gasteiger partial charge in [0.25, 0.3) is 0 Å². The van der Waals surface area contributed by atoms with E-state index in [1.165, 1.54) is 19.2 Å². The molecule has 0 amide bonds. The zero-order valence-corrected chi connectivity index (χ0v) is 8.83. The molecule has 0 spiro atoms. The quantitative estimate of drug-likeness (QED) is 0.878. The molecule has 0 saturated heterocycles. The number of carbonyl (C=O) groups is 1. The molecule has 0 radical (unpaired) electrons. The molecule has 0 heterocycles. The Morgan fingerprint density at radius 1 is 1.64 bits per heavy atom. The van der Waals surface area contributed by atoms with E-state index in [1.54, 1.807) is 0 Å².